The van der Waals surface area contributed by atoms with Crippen LogP contribution in [-0.4, -0.2) is 37.6 Å². The van der Waals surface area contributed by atoms with Crippen LogP contribution in [0.5, 0.6) is 0 Å². The van der Waals surface area contributed by atoms with Gasteiger partial charge in [-0.2, -0.15) is 0 Å². The Morgan fingerprint density at radius 3 is 2.15 bits per heavy atom. The lowest BCUT2D eigenvalue weighted by atomic mass is 10.1. The highest BCUT2D eigenvalue weighted by atomic mass is 15.2. The normalized spacial score (nSPS) is 18.7. The van der Waals surface area contributed by atoms with Gasteiger partial charge in [-0.3, -0.25) is 0 Å². The van der Waals surface area contributed by atoms with Crippen molar-refractivity contribution in [3.05, 3.63) is 0 Å². The second-order valence-electron chi connectivity index (χ2n) is 4.27. The molecule has 0 aromatic heterocycles. The summed E-state index contributed by atoms with van der Waals surface area (Å²) in [4.78, 5) is 2.44. The highest BCUT2D eigenvalue weighted by molar-refractivity contribution is 4.75. The molecule has 3 unspecified atom stereocenters. The molecule has 13 heavy (non-hydrogen) atoms. The van der Waals surface area contributed by atoms with Crippen molar-refractivity contribution in [1.82, 2.24) is 10.2 Å². The first kappa shape index (κ1) is 12.9. The summed E-state index contributed by atoms with van der Waals surface area (Å²) in [5.41, 5.74) is 0. The maximum Gasteiger partial charge on any atom is 0.0215 e. The minimum absolute atomic E-state index is 0.564. The number of nitrogens with zero attached hydrogens (tertiary/aromatic N) is 1. The number of nitrogens with one attached hydrogen (secondary N) is 1. The molecule has 0 aliphatic rings. The molecular formula is C11H26N2. The molecule has 2 heteroatoms. The van der Waals surface area contributed by atoms with Gasteiger partial charge in [-0.15, -0.1) is 0 Å². The minimum atomic E-state index is 0.564. The van der Waals surface area contributed by atoms with E-state index in [0.29, 0.717) is 12.1 Å². The zero-order valence-electron chi connectivity index (χ0n) is 10.1. The average molecular weight is 186 g/mol. The Hall–Kier alpha value is -0.0800. The summed E-state index contributed by atoms with van der Waals surface area (Å²) < 4.78 is 0. The van der Waals surface area contributed by atoms with Gasteiger partial charge in [0.05, 0.1) is 0 Å². The van der Waals surface area contributed by atoms with Gasteiger partial charge >= 0.3 is 0 Å². The van der Waals surface area contributed by atoms with E-state index in [2.05, 4.69) is 45.0 Å². The summed E-state index contributed by atoms with van der Waals surface area (Å²) in [6.07, 6.45) is 1.27. The van der Waals surface area contributed by atoms with Crippen molar-refractivity contribution in [3.8, 4) is 0 Å². The molecule has 0 rings (SSSR count). The summed E-state index contributed by atoms with van der Waals surface area (Å²) in [5, 5.41) is 3.30. The van der Waals surface area contributed by atoms with Crippen LogP contribution in [0.4, 0.5) is 0 Å². The fourth-order valence-corrected chi connectivity index (χ4v) is 1.41. The van der Waals surface area contributed by atoms with Gasteiger partial charge in [0.1, 0.15) is 0 Å². The van der Waals surface area contributed by atoms with Crippen LogP contribution >= 0.6 is 0 Å². The molecule has 0 aliphatic heterocycles. The van der Waals surface area contributed by atoms with Crippen LogP contribution in [0.2, 0.25) is 0 Å². The molecule has 0 bridgehead atoms. The second kappa shape index (κ2) is 6.39. The van der Waals surface area contributed by atoms with Gasteiger partial charge in [-0.1, -0.05) is 20.3 Å². The van der Waals surface area contributed by atoms with Crippen LogP contribution in [0, 0.1) is 5.92 Å². The Balaban J connectivity index is 3.87. The van der Waals surface area contributed by atoms with Crippen molar-refractivity contribution >= 4 is 0 Å². The van der Waals surface area contributed by atoms with E-state index >= 15 is 0 Å². The first-order chi connectivity index (χ1) is 6.02. The average Bonchev–Trinajstić information content (AvgIpc) is 2.14. The van der Waals surface area contributed by atoms with Crippen LogP contribution in [0.3, 0.4) is 0 Å². The van der Waals surface area contributed by atoms with E-state index in [1.54, 1.807) is 0 Å². The second-order valence-corrected chi connectivity index (χ2v) is 4.27. The molecule has 0 aliphatic carbocycles. The molecule has 0 spiro atoms. The van der Waals surface area contributed by atoms with Crippen molar-refractivity contribution in [1.29, 1.82) is 0 Å². The van der Waals surface area contributed by atoms with Crippen molar-refractivity contribution in [2.24, 2.45) is 5.92 Å². The van der Waals surface area contributed by atoms with Gasteiger partial charge < -0.3 is 10.2 Å². The summed E-state index contributed by atoms with van der Waals surface area (Å²) in [6, 6.07) is 1.17. The van der Waals surface area contributed by atoms with Crippen molar-refractivity contribution in [2.45, 2.75) is 46.2 Å². The Morgan fingerprint density at radius 2 is 1.77 bits per heavy atom. The predicted molar refractivity (Wildman–Crippen MR) is 60.1 cm³/mol. The lowest BCUT2D eigenvalue weighted by Crippen LogP contribution is -2.45. The largest absolute Gasteiger partial charge is 0.316 e. The summed E-state index contributed by atoms with van der Waals surface area (Å²) >= 11 is 0. The quantitative estimate of drug-likeness (QED) is 0.682. The fourth-order valence-electron chi connectivity index (χ4n) is 1.41. The van der Waals surface area contributed by atoms with Crippen LogP contribution in [0.1, 0.15) is 34.1 Å². The zero-order valence-corrected chi connectivity index (χ0v) is 10.1. The third kappa shape index (κ3) is 4.63. The van der Waals surface area contributed by atoms with Gasteiger partial charge in [0.2, 0.25) is 0 Å². The highest BCUT2D eigenvalue weighted by Gasteiger charge is 2.16. The lowest BCUT2D eigenvalue weighted by molar-refractivity contribution is 0.191. The monoisotopic (exact) mass is 186 g/mol. The summed E-state index contributed by atoms with van der Waals surface area (Å²) in [5.74, 6) is 0.802. The molecule has 0 amide bonds. The smallest absolute Gasteiger partial charge is 0.0215 e. The first-order valence-corrected chi connectivity index (χ1v) is 5.40. The van der Waals surface area contributed by atoms with Crippen molar-refractivity contribution < 1.29 is 0 Å². The molecule has 0 radical (unpaired) electrons. The summed E-state index contributed by atoms with van der Waals surface area (Å²) in [6.45, 7) is 10.3. The molecule has 0 aromatic rings. The van der Waals surface area contributed by atoms with Gasteiger partial charge in [0.15, 0.2) is 0 Å². The van der Waals surface area contributed by atoms with Crippen LogP contribution < -0.4 is 5.32 Å². The molecule has 80 valence electrons. The van der Waals surface area contributed by atoms with Crippen molar-refractivity contribution in [3.63, 3.8) is 0 Å². The van der Waals surface area contributed by atoms with Crippen LogP contribution in [0.25, 0.3) is 0 Å². The molecule has 0 saturated carbocycles. The number of likely N-dealkylation sites (N-methyl/N-ethyl adjacent to an activating group) is 2. The minimum Gasteiger partial charge on any atom is -0.316 e. The Bertz CT molecular complexity index is 125. The molecule has 0 fully saturated rings. The van der Waals surface area contributed by atoms with Crippen LogP contribution in [0.15, 0.2) is 0 Å². The number of hydrogen-bond acceptors (Lipinski definition) is 2. The van der Waals surface area contributed by atoms with Gasteiger partial charge in [-0.05, 0) is 33.9 Å². The Kier molecular flexibility index (Phi) is 6.35. The molecule has 1 N–H and O–H groups in total. The van der Waals surface area contributed by atoms with E-state index in [9.17, 15) is 0 Å². The van der Waals surface area contributed by atoms with E-state index in [0.717, 1.165) is 5.92 Å². The van der Waals surface area contributed by atoms with Gasteiger partial charge in [0.25, 0.3) is 0 Å². The Morgan fingerprint density at radius 1 is 1.23 bits per heavy atom. The third-order valence-electron chi connectivity index (χ3n) is 3.17. The Labute approximate surface area is 83.7 Å². The SMILES string of the molecule is CCC(C)CN(C)C(C)C(C)NC. The van der Waals surface area contributed by atoms with E-state index in [1.807, 2.05) is 7.05 Å². The maximum atomic E-state index is 3.30. The number of rotatable bonds is 6. The lowest BCUT2D eigenvalue weighted by Gasteiger charge is -2.31. The molecule has 0 aromatic carbocycles. The fraction of sp³-hybridized carbons (Fsp3) is 1.00. The topological polar surface area (TPSA) is 15.3 Å². The first-order valence-electron chi connectivity index (χ1n) is 5.40. The predicted octanol–water partition coefficient (Wildman–Crippen LogP) is 1.96. The van der Waals surface area contributed by atoms with Crippen molar-refractivity contribution in [2.75, 3.05) is 20.6 Å². The maximum absolute atomic E-state index is 3.30. The summed E-state index contributed by atoms with van der Waals surface area (Å²) in [7, 11) is 4.24. The molecule has 0 saturated heterocycles. The molecule has 2 nitrogen and oxygen atoms in total. The van der Waals surface area contributed by atoms with Crippen LogP contribution in [-0.2, 0) is 0 Å². The van der Waals surface area contributed by atoms with E-state index in [4.69, 9.17) is 0 Å². The third-order valence-corrected chi connectivity index (χ3v) is 3.17. The molecule has 3 atom stereocenters. The highest BCUT2D eigenvalue weighted by Crippen LogP contribution is 2.07. The standard InChI is InChI=1S/C11H26N2/c1-7-9(2)8-13(6)11(4)10(3)12-5/h9-12H,7-8H2,1-6H3. The molecular weight excluding hydrogens is 160 g/mol. The van der Waals surface area contributed by atoms with E-state index in [-0.39, 0.29) is 0 Å². The molecule has 0 heterocycles. The number of hydrogen-bond donors (Lipinski definition) is 1. The zero-order chi connectivity index (χ0) is 10.4. The van der Waals surface area contributed by atoms with Gasteiger partial charge in [-0.25, -0.2) is 0 Å². The van der Waals surface area contributed by atoms with E-state index < -0.39 is 0 Å². The van der Waals surface area contributed by atoms with E-state index in [1.165, 1.54) is 13.0 Å². The van der Waals surface area contributed by atoms with Gasteiger partial charge in [0, 0.05) is 18.6 Å².